The van der Waals surface area contributed by atoms with Crippen molar-refractivity contribution in [2.24, 2.45) is 0 Å². The largest absolute Gasteiger partial charge is 0.496 e. The number of ether oxygens (including phenoxy) is 2. The number of amides is 1. The fourth-order valence-corrected chi connectivity index (χ4v) is 4.74. The van der Waals surface area contributed by atoms with E-state index in [0.717, 1.165) is 22.8 Å². The average Bonchev–Trinajstić information content (AvgIpc) is 3.46. The highest BCUT2D eigenvalue weighted by atomic mass is 32.1. The summed E-state index contributed by atoms with van der Waals surface area (Å²) in [5, 5.41) is 13.7. The standard InChI is InChI=1S/C25H20N4O5S/c1-33-21-6-4-3-5-15(21)13-29-20-10-8-16(26-25(32)34-2)12-17(20)22(23(29)24(30)31)14-7-9-18-19(11-14)28-35-27-18/h3-12H,13H2,1-2H3,(H,26,32)(H,30,31). The van der Waals surface area contributed by atoms with Gasteiger partial charge in [0.15, 0.2) is 0 Å². The third-order valence-corrected chi connectivity index (χ3v) is 6.32. The lowest BCUT2D eigenvalue weighted by Crippen LogP contribution is -2.11. The summed E-state index contributed by atoms with van der Waals surface area (Å²) in [6.07, 6.45) is -0.618. The second-order valence-corrected chi connectivity index (χ2v) is 8.27. The number of para-hydroxylation sites is 1. The highest BCUT2D eigenvalue weighted by Gasteiger charge is 2.25. The lowest BCUT2D eigenvalue weighted by molar-refractivity contribution is 0.0687. The first-order valence-electron chi connectivity index (χ1n) is 10.6. The third kappa shape index (κ3) is 4.04. The SMILES string of the molecule is COC(=O)Nc1ccc2c(c1)c(-c1ccc3nsnc3c1)c(C(=O)O)n2Cc1ccccc1OC. The van der Waals surface area contributed by atoms with Crippen LogP contribution in [0.5, 0.6) is 5.75 Å². The number of aromatic carboxylic acids is 1. The molecular formula is C25H20N4O5S. The zero-order valence-electron chi connectivity index (χ0n) is 18.8. The number of hydrogen-bond donors (Lipinski definition) is 2. The van der Waals surface area contributed by atoms with Crippen LogP contribution in [0.15, 0.2) is 60.7 Å². The minimum absolute atomic E-state index is 0.115. The zero-order valence-corrected chi connectivity index (χ0v) is 19.6. The van der Waals surface area contributed by atoms with Gasteiger partial charge in [-0.3, -0.25) is 5.32 Å². The van der Waals surface area contributed by atoms with Crippen molar-refractivity contribution in [2.75, 3.05) is 19.5 Å². The van der Waals surface area contributed by atoms with Gasteiger partial charge < -0.3 is 19.1 Å². The fraction of sp³-hybridized carbons (Fsp3) is 0.120. The molecule has 0 unspecified atom stereocenters. The van der Waals surface area contributed by atoms with E-state index in [1.54, 1.807) is 29.9 Å². The summed E-state index contributed by atoms with van der Waals surface area (Å²) in [5.41, 5.74) is 4.73. The maximum atomic E-state index is 12.7. The molecule has 176 valence electrons. The van der Waals surface area contributed by atoms with Crippen molar-refractivity contribution in [3.63, 3.8) is 0 Å². The molecule has 2 heterocycles. The van der Waals surface area contributed by atoms with Crippen molar-refractivity contribution in [3.05, 3.63) is 71.9 Å². The summed E-state index contributed by atoms with van der Waals surface area (Å²) in [5.74, 6) is -0.420. The van der Waals surface area contributed by atoms with E-state index in [2.05, 4.69) is 14.1 Å². The molecule has 0 aliphatic rings. The van der Waals surface area contributed by atoms with Crippen LogP contribution in [0.1, 0.15) is 16.1 Å². The molecule has 0 spiro atoms. The van der Waals surface area contributed by atoms with Crippen LogP contribution in [0.2, 0.25) is 0 Å². The van der Waals surface area contributed by atoms with E-state index in [-0.39, 0.29) is 12.2 Å². The number of rotatable bonds is 6. The Balaban J connectivity index is 1.79. The van der Waals surface area contributed by atoms with Crippen LogP contribution in [-0.4, -0.2) is 44.7 Å². The lowest BCUT2D eigenvalue weighted by Gasteiger charge is -2.13. The molecule has 0 aliphatic heterocycles. The molecule has 0 fully saturated rings. The van der Waals surface area contributed by atoms with E-state index in [9.17, 15) is 14.7 Å². The van der Waals surface area contributed by atoms with Crippen LogP contribution < -0.4 is 10.1 Å². The van der Waals surface area contributed by atoms with Crippen molar-refractivity contribution in [1.82, 2.24) is 13.3 Å². The van der Waals surface area contributed by atoms with Gasteiger partial charge in [0.1, 0.15) is 22.5 Å². The first-order chi connectivity index (χ1) is 17.0. The topological polar surface area (TPSA) is 116 Å². The number of anilines is 1. The highest BCUT2D eigenvalue weighted by molar-refractivity contribution is 7.00. The van der Waals surface area contributed by atoms with Crippen LogP contribution in [0.25, 0.3) is 33.1 Å². The smallest absolute Gasteiger partial charge is 0.411 e. The second kappa shape index (κ2) is 9.07. The minimum atomic E-state index is -1.08. The highest BCUT2D eigenvalue weighted by Crippen LogP contribution is 2.38. The summed E-state index contributed by atoms with van der Waals surface area (Å²) in [4.78, 5) is 24.5. The van der Waals surface area contributed by atoms with Crippen molar-refractivity contribution < 1.29 is 24.2 Å². The number of hydrogen-bond acceptors (Lipinski definition) is 7. The summed E-state index contributed by atoms with van der Waals surface area (Å²) in [6, 6.07) is 18.2. The zero-order chi connectivity index (χ0) is 24.5. The van der Waals surface area contributed by atoms with Crippen LogP contribution >= 0.6 is 11.7 Å². The van der Waals surface area contributed by atoms with Crippen molar-refractivity contribution in [1.29, 1.82) is 0 Å². The Morgan fingerprint density at radius 2 is 1.83 bits per heavy atom. The number of carboxylic acids is 1. The quantitative estimate of drug-likeness (QED) is 0.335. The number of carbonyl (C=O) groups is 2. The van der Waals surface area contributed by atoms with E-state index < -0.39 is 12.1 Å². The maximum absolute atomic E-state index is 12.7. The van der Waals surface area contributed by atoms with Gasteiger partial charge in [0.25, 0.3) is 0 Å². The molecule has 0 bridgehead atoms. The van der Waals surface area contributed by atoms with Crippen LogP contribution in [0.3, 0.4) is 0 Å². The van der Waals surface area contributed by atoms with Crippen molar-refractivity contribution in [2.45, 2.75) is 6.54 Å². The molecule has 0 saturated carbocycles. The molecule has 1 amide bonds. The Bertz CT molecular complexity index is 1590. The summed E-state index contributed by atoms with van der Waals surface area (Å²) >= 11 is 1.10. The Kier molecular flexibility index (Phi) is 5.79. The van der Waals surface area contributed by atoms with E-state index in [1.807, 2.05) is 42.5 Å². The molecule has 5 aromatic rings. The number of carbonyl (C=O) groups excluding carboxylic acids is 1. The summed E-state index contributed by atoms with van der Waals surface area (Å²) < 4.78 is 20.5. The van der Waals surface area contributed by atoms with Crippen LogP contribution in [-0.2, 0) is 11.3 Å². The predicted octanol–water partition coefficient (Wildman–Crippen LogP) is 5.25. The van der Waals surface area contributed by atoms with Crippen LogP contribution in [0, 0.1) is 0 Å². The maximum Gasteiger partial charge on any atom is 0.411 e. The molecule has 2 N–H and O–H groups in total. The number of methoxy groups -OCH3 is 2. The monoisotopic (exact) mass is 488 g/mol. The molecule has 9 nitrogen and oxygen atoms in total. The molecule has 35 heavy (non-hydrogen) atoms. The normalized spacial score (nSPS) is 11.0. The molecule has 0 atom stereocenters. The van der Waals surface area contributed by atoms with Gasteiger partial charge in [-0.25, -0.2) is 9.59 Å². The molecular weight excluding hydrogens is 468 g/mol. The first-order valence-corrected chi connectivity index (χ1v) is 11.3. The van der Waals surface area contributed by atoms with Gasteiger partial charge in [-0.15, -0.1) is 0 Å². The van der Waals surface area contributed by atoms with Gasteiger partial charge in [-0.2, -0.15) is 8.75 Å². The van der Waals surface area contributed by atoms with E-state index in [0.29, 0.717) is 39.0 Å². The summed E-state index contributed by atoms with van der Waals surface area (Å²) in [7, 11) is 2.86. The van der Waals surface area contributed by atoms with Crippen molar-refractivity contribution in [3.8, 4) is 16.9 Å². The molecule has 0 saturated heterocycles. The molecule has 3 aromatic carbocycles. The van der Waals surface area contributed by atoms with Gasteiger partial charge in [0.2, 0.25) is 0 Å². The van der Waals surface area contributed by atoms with Gasteiger partial charge in [0.05, 0.1) is 32.5 Å². The van der Waals surface area contributed by atoms with Gasteiger partial charge in [-0.05, 0) is 42.0 Å². The van der Waals surface area contributed by atoms with Gasteiger partial charge in [0, 0.05) is 27.7 Å². The van der Waals surface area contributed by atoms with E-state index in [4.69, 9.17) is 9.47 Å². The molecule has 0 radical (unpaired) electrons. The number of nitrogens with zero attached hydrogens (tertiary/aromatic N) is 3. The predicted molar refractivity (Wildman–Crippen MR) is 133 cm³/mol. The molecule has 0 aliphatic carbocycles. The molecule has 5 rings (SSSR count). The third-order valence-electron chi connectivity index (χ3n) is 5.76. The summed E-state index contributed by atoms with van der Waals surface area (Å²) in [6.45, 7) is 0.270. The van der Waals surface area contributed by atoms with Gasteiger partial charge >= 0.3 is 12.1 Å². The Hall–Kier alpha value is -4.44. The number of benzene rings is 3. The average molecular weight is 489 g/mol. The molecule has 2 aromatic heterocycles. The molecule has 10 heteroatoms. The number of aromatic nitrogens is 3. The Morgan fingerprint density at radius 1 is 1.03 bits per heavy atom. The first kappa shape index (κ1) is 22.4. The number of fused-ring (bicyclic) bond motifs is 2. The Labute approximate surface area is 203 Å². The lowest BCUT2D eigenvalue weighted by atomic mass is 10.0. The van der Waals surface area contributed by atoms with E-state index in [1.165, 1.54) is 7.11 Å². The fourth-order valence-electron chi connectivity index (χ4n) is 4.22. The van der Waals surface area contributed by atoms with Gasteiger partial charge in [-0.1, -0.05) is 24.3 Å². The number of carboxylic acid groups (broad SMARTS) is 1. The Morgan fingerprint density at radius 3 is 2.60 bits per heavy atom. The van der Waals surface area contributed by atoms with E-state index >= 15 is 0 Å². The number of nitrogens with one attached hydrogen (secondary N) is 1. The second-order valence-electron chi connectivity index (χ2n) is 7.74. The van der Waals surface area contributed by atoms with Crippen molar-refractivity contribution >= 4 is 51.4 Å². The van der Waals surface area contributed by atoms with Crippen LogP contribution in [0.4, 0.5) is 10.5 Å². The minimum Gasteiger partial charge on any atom is -0.496 e.